The van der Waals surface area contributed by atoms with Gasteiger partial charge in [-0.25, -0.2) is 0 Å². The summed E-state index contributed by atoms with van der Waals surface area (Å²) in [5.41, 5.74) is 0.0572. The van der Waals surface area contributed by atoms with Gasteiger partial charge in [0.05, 0.1) is 12.2 Å². The maximum Gasteiger partial charge on any atom is 0.161 e. The second-order valence-corrected chi connectivity index (χ2v) is 4.24. The molecule has 0 aromatic carbocycles. The number of hydrogen-bond acceptors (Lipinski definition) is 2. The minimum atomic E-state index is 0.0572. The van der Waals surface area contributed by atoms with E-state index in [-0.39, 0.29) is 11.9 Å². The van der Waals surface area contributed by atoms with Gasteiger partial charge in [0, 0.05) is 6.42 Å². The first-order chi connectivity index (χ1) is 4.99. The molecule has 0 aromatic rings. The molecule has 0 radical (unpaired) electrons. The van der Waals surface area contributed by atoms with Crippen molar-refractivity contribution in [1.82, 2.24) is 0 Å². The lowest BCUT2D eigenvalue weighted by Gasteiger charge is -2.42. The first-order valence-electron chi connectivity index (χ1n) is 4.29. The summed E-state index contributed by atoms with van der Waals surface area (Å²) in [6.07, 6.45) is 1.09. The van der Waals surface area contributed by atoms with E-state index >= 15 is 0 Å². The lowest BCUT2D eigenvalue weighted by Crippen LogP contribution is -2.47. The minimum absolute atomic E-state index is 0.0572. The van der Waals surface area contributed by atoms with E-state index in [2.05, 4.69) is 27.7 Å². The van der Waals surface area contributed by atoms with E-state index in [9.17, 15) is 0 Å². The molecule has 66 valence electrons. The van der Waals surface area contributed by atoms with Crippen LogP contribution in [0.15, 0.2) is 0 Å². The molecule has 1 rings (SSSR count). The van der Waals surface area contributed by atoms with Crippen molar-refractivity contribution in [3.63, 3.8) is 0 Å². The topological polar surface area (TPSA) is 18.5 Å². The van der Waals surface area contributed by atoms with E-state index in [1.165, 1.54) is 0 Å². The van der Waals surface area contributed by atoms with Gasteiger partial charge in [-0.15, -0.1) is 0 Å². The van der Waals surface area contributed by atoms with E-state index in [1.807, 2.05) is 0 Å². The SMILES string of the molecule is CC(C)COC1CC(C)(C)O1. The molecule has 0 bridgehead atoms. The molecule has 0 saturated carbocycles. The highest BCUT2D eigenvalue weighted by Gasteiger charge is 2.37. The Morgan fingerprint density at radius 3 is 2.45 bits per heavy atom. The van der Waals surface area contributed by atoms with E-state index in [1.54, 1.807) is 0 Å². The van der Waals surface area contributed by atoms with E-state index < -0.39 is 0 Å². The highest BCUT2D eigenvalue weighted by molar-refractivity contribution is 4.80. The van der Waals surface area contributed by atoms with Crippen LogP contribution in [0.2, 0.25) is 0 Å². The lowest BCUT2D eigenvalue weighted by atomic mass is 9.99. The zero-order valence-electron chi connectivity index (χ0n) is 7.89. The Bertz CT molecular complexity index is 122. The Morgan fingerprint density at radius 2 is 2.09 bits per heavy atom. The van der Waals surface area contributed by atoms with Crippen molar-refractivity contribution < 1.29 is 9.47 Å². The maximum atomic E-state index is 5.45. The van der Waals surface area contributed by atoms with Crippen molar-refractivity contribution >= 4 is 0 Å². The molecule has 2 heteroatoms. The molecular formula is C9H18O2. The first-order valence-corrected chi connectivity index (χ1v) is 4.29. The summed E-state index contributed by atoms with van der Waals surface area (Å²) in [7, 11) is 0. The highest BCUT2D eigenvalue weighted by atomic mass is 16.7. The number of rotatable bonds is 3. The smallest absolute Gasteiger partial charge is 0.161 e. The van der Waals surface area contributed by atoms with Crippen molar-refractivity contribution in [2.45, 2.75) is 46.0 Å². The molecule has 0 spiro atoms. The zero-order chi connectivity index (χ0) is 8.48. The molecule has 0 aliphatic carbocycles. The van der Waals surface area contributed by atoms with Crippen LogP contribution in [0.4, 0.5) is 0 Å². The van der Waals surface area contributed by atoms with Gasteiger partial charge < -0.3 is 9.47 Å². The third-order valence-electron chi connectivity index (χ3n) is 1.72. The fraction of sp³-hybridized carbons (Fsp3) is 1.00. The van der Waals surface area contributed by atoms with Crippen LogP contribution in [-0.2, 0) is 9.47 Å². The van der Waals surface area contributed by atoms with Gasteiger partial charge in [0.25, 0.3) is 0 Å². The Balaban J connectivity index is 2.05. The van der Waals surface area contributed by atoms with Gasteiger partial charge in [-0.1, -0.05) is 13.8 Å². The zero-order valence-corrected chi connectivity index (χ0v) is 7.89. The normalized spacial score (nSPS) is 28.6. The fourth-order valence-corrected chi connectivity index (χ4v) is 1.14. The molecule has 0 aromatic heterocycles. The number of ether oxygens (including phenoxy) is 2. The average Bonchev–Trinajstić information content (AvgIpc) is 1.78. The van der Waals surface area contributed by atoms with Gasteiger partial charge >= 0.3 is 0 Å². The van der Waals surface area contributed by atoms with Crippen LogP contribution in [0.5, 0.6) is 0 Å². The van der Waals surface area contributed by atoms with Crippen molar-refractivity contribution in [2.24, 2.45) is 5.92 Å². The van der Waals surface area contributed by atoms with Crippen LogP contribution in [-0.4, -0.2) is 18.5 Å². The van der Waals surface area contributed by atoms with E-state index in [0.29, 0.717) is 5.92 Å². The van der Waals surface area contributed by atoms with Crippen LogP contribution >= 0.6 is 0 Å². The quantitative estimate of drug-likeness (QED) is 0.626. The average molecular weight is 158 g/mol. The molecule has 11 heavy (non-hydrogen) atoms. The molecule has 2 nitrogen and oxygen atoms in total. The minimum Gasteiger partial charge on any atom is -0.352 e. The first kappa shape index (κ1) is 9.01. The Kier molecular flexibility index (Phi) is 2.55. The largest absolute Gasteiger partial charge is 0.352 e. The summed E-state index contributed by atoms with van der Waals surface area (Å²) in [6.45, 7) is 9.26. The number of hydrogen-bond donors (Lipinski definition) is 0. The van der Waals surface area contributed by atoms with Gasteiger partial charge in [-0.2, -0.15) is 0 Å². The Hall–Kier alpha value is -0.0800. The molecular weight excluding hydrogens is 140 g/mol. The van der Waals surface area contributed by atoms with Crippen LogP contribution in [0.3, 0.4) is 0 Å². The molecule has 0 amide bonds. The third kappa shape index (κ3) is 2.80. The van der Waals surface area contributed by atoms with Crippen LogP contribution in [0.25, 0.3) is 0 Å². The molecule has 0 N–H and O–H groups in total. The van der Waals surface area contributed by atoms with Crippen molar-refractivity contribution in [2.75, 3.05) is 6.61 Å². The molecule has 1 heterocycles. The van der Waals surface area contributed by atoms with Crippen molar-refractivity contribution in [3.8, 4) is 0 Å². The van der Waals surface area contributed by atoms with Crippen molar-refractivity contribution in [1.29, 1.82) is 0 Å². The second-order valence-electron chi connectivity index (χ2n) is 4.24. The Labute approximate surface area is 68.9 Å². The van der Waals surface area contributed by atoms with Crippen LogP contribution in [0, 0.1) is 5.92 Å². The summed E-state index contributed by atoms with van der Waals surface area (Å²) < 4.78 is 10.9. The van der Waals surface area contributed by atoms with Gasteiger partial charge in [0.2, 0.25) is 0 Å². The summed E-state index contributed by atoms with van der Waals surface area (Å²) in [6, 6.07) is 0. The van der Waals surface area contributed by atoms with Gasteiger partial charge in [0.15, 0.2) is 6.29 Å². The van der Waals surface area contributed by atoms with E-state index in [4.69, 9.17) is 9.47 Å². The summed E-state index contributed by atoms with van der Waals surface area (Å²) in [5.74, 6) is 0.599. The molecule has 1 aliphatic rings. The fourth-order valence-electron chi connectivity index (χ4n) is 1.14. The molecule has 1 atom stereocenters. The van der Waals surface area contributed by atoms with Gasteiger partial charge in [-0.05, 0) is 19.8 Å². The maximum absolute atomic E-state index is 5.45. The van der Waals surface area contributed by atoms with Crippen LogP contribution < -0.4 is 0 Å². The molecule has 1 unspecified atom stereocenters. The predicted molar refractivity (Wildman–Crippen MR) is 44.4 cm³/mol. The second kappa shape index (κ2) is 3.11. The van der Waals surface area contributed by atoms with Gasteiger partial charge in [0.1, 0.15) is 0 Å². The monoisotopic (exact) mass is 158 g/mol. The summed E-state index contributed by atoms with van der Waals surface area (Å²) in [4.78, 5) is 0. The van der Waals surface area contributed by atoms with Crippen LogP contribution in [0.1, 0.15) is 34.1 Å². The summed E-state index contributed by atoms with van der Waals surface area (Å²) in [5, 5.41) is 0. The highest BCUT2D eigenvalue weighted by Crippen LogP contribution is 2.32. The third-order valence-corrected chi connectivity index (χ3v) is 1.72. The van der Waals surface area contributed by atoms with Crippen molar-refractivity contribution in [3.05, 3.63) is 0 Å². The lowest BCUT2D eigenvalue weighted by molar-refractivity contribution is -0.297. The standard InChI is InChI=1S/C9H18O2/c1-7(2)6-10-8-5-9(3,4)11-8/h7-8H,5-6H2,1-4H3. The Morgan fingerprint density at radius 1 is 1.55 bits per heavy atom. The molecule has 1 aliphatic heterocycles. The van der Waals surface area contributed by atoms with Gasteiger partial charge in [-0.3, -0.25) is 0 Å². The summed E-state index contributed by atoms with van der Waals surface area (Å²) >= 11 is 0. The molecule has 1 fully saturated rings. The molecule has 1 saturated heterocycles. The predicted octanol–water partition coefficient (Wildman–Crippen LogP) is 2.18. The van der Waals surface area contributed by atoms with E-state index in [0.717, 1.165) is 13.0 Å².